The van der Waals surface area contributed by atoms with Crippen molar-refractivity contribution in [1.29, 1.82) is 0 Å². The molecule has 1 aliphatic rings. The zero-order valence-corrected chi connectivity index (χ0v) is 18.1. The van der Waals surface area contributed by atoms with Crippen LogP contribution in [0, 0.1) is 0 Å². The maximum Gasteiger partial charge on any atom is 0.319 e. The third kappa shape index (κ3) is 4.50. The molecule has 2 aromatic rings. The van der Waals surface area contributed by atoms with E-state index < -0.39 is 0 Å². The largest absolute Gasteiger partial charge is 0.338 e. The molecule has 0 aliphatic carbocycles. The van der Waals surface area contributed by atoms with Crippen LogP contribution in [-0.4, -0.2) is 35.8 Å². The van der Waals surface area contributed by atoms with E-state index in [1.165, 1.54) is 4.90 Å². The van der Waals surface area contributed by atoms with Crippen LogP contribution in [0.1, 0.15) is 52.1 Å². The molecule has 2 aromatic carbocycles. The highest BCUT2D eigenvalue weighted by Crippen LogP contribution is 2.26. The fourth-order valence-electron chi connectivity index (χ4n) is 3.47. The van der Waals surface area contributed by atoms with Crippen LogP contribution >= 0.6 is 15.9 Å². The van der Waals surface area contributed by atoms with Crippen molar-refractivity contribution in [3.63, 3.8) is 0 Å². The number of benzene rings is 2. The van der Waals surface area contributed by atoms with Gasteiger partial charge in [0.1, 0.15) is 0 Å². The number of anilines is 1. The average Bonchev–Trinajstić information content (AvgIpc) is 2.95. The number of hydrogen-bond donors (Lipinski definition) is 2. The second-order valence-corrected chi connectivity index (χ2v) is 7.76. The number of fused-ring (bicyclic) bond motifs is 1. The molecule has 0 atom stereocenters. The van der Waals surface area contributed by atoms with Gasteiger partial charge in [0.15, 0.2) is 0 Å². The zero-order chi connectivity index (χ0) is 21.0. The van der Waals surface area contributed by atoms with Gasteiger partial charge in [0.05, 0.1) is 11.1 Å². The Labute approximate surface area is 178 Å². The number of halogens is 1. The van der Waals surface area contributed by atoms with Gasteiger partial charge in [-0.2, -0.15) is 0 Å². The van der Waals surface area contributed by atoms with E-state index in [0.29, 0.717) is 24.1 Å². The van der Waals surface area contributed by atoms with Crippen LogP contribution in [0.2, 0.25) is 0 Å². The standard InChI is InChI=1S/C22H24BrN3O3/c1-3-14-7-5-8-15(4-2)19(14)25-22(29)24-11-6-12-26-20(27)17-10-9-16(23)13-18(17)21(26)28/h5,7-10,13H,3-4,6,11-12H2,1-2H3,(H2,24,25,29). The minimum atomic E-state index is -0.291. The van der Waals surface area contributed by atoms with Crippen LogP contribution in [0.3, 0.4) is 0 Å². The summed E-state index contributed by atoms with van der Waals surface area (Å²) in [5, 5.41) is 5.76. The number of nitrogens with zero attached hydrogens (tertiary/aromatic N) is 1. The monoisotopic (exact) mass is 457 g/mol. The van der Waals surface area contributed by atoms with Crippen LogP contribution < -0.4 is 10.6 Å². The average molecular weight is 458 g/mol. The summed E-state index contributed by atoms with van der Waals surface area (Å²) in [7, 11) is 0. The highest BCUT2D eigenvalue weighted by molar-refractivity contribution is 9.10. The molecule has 0 radical (unpaired) electrons. The molecule has 1 heterocycles. The quantitative estimate of drug-likeness (QED) is 0.478. The van der Waals surface area contributed by atoms with Crippen molar-refractivity contribution < 1.29 is 14.4 Å². The number of urea groups is 1. The summed E-state index contributed by atoms with van der Waals surface area (Å²) in [6, 6.07) is 10.8. The Morgan fingerprint density at radius 2 is 1.66 bits per heavy atom. The van der Waals surface area contributed by atoms with E-state index in [-0.39, 0.29) is 24.4 Å². The van der Waals surface area contributed by atoms with E-state index in [0.717, 1.165) is 34.1 Å². The minimum absolute atomic E-state index is 0.260. The maximum atomic E-state index is 12.5. The topological polar surface area (TPSA) is 78.5 Å². The van der Waals surface area contributed by atoms with Crippen molar-refractivity contribution in [2.45, 2.75) is 33.1 Å². The lowest BCUT2D eigenvalue weighted by Crippen LogP contribution is -2.35. The maximum absolute atomic E-state index is 12.5. The molecule has 152 valence electrons. The normalized spacial score (nSPS) is 12.9. The molecule has 3 rings (SSSR count). The summed E-state index contributed by atoms with van der Waals surface area (Å²) in [5.41, 5.74) is 3.89. The number of hydrogen-bond acceptors (Lipinski definition) is 3. The van der Waals surface area contributed by atoms with Crippen molar-refractivity contribution in [3.05, 3.63) is 63.1 Å². The van der Waals surface area contributed by atoms with Crippen molar-refractivity contribution in [2.75, 3.05) is 18.4 Å². The smallest absolute Gasteiger partial charge is 0.319 e. The number of nitrogens with one attached hydrogen (secondary N) is 2. The van der Waals surface area contributed by atoms with Gasteiger partial charge in [-0.1, -0.05) is 48.0 Å². The SMILES string of the molecule is CCc1cccc(CC)c1NC(=O)NCCCN1C(=O)c2ccc(Br)cc2C1=O. The molecule has 0 saturated heterocycles. The zero-order valence-electron chi connectivity index (χ0n) is 16.5. The van der Waals surface area contributed by atoms with Crippen molar-refractivity contribution in [3.8, 4) is 0 Å². The van der Waals surface area contributed by atoms with Crippen molar-refractivity contribution in [1.82, 2.24) is 10.2 Å². The van der Waals surface area contributed by atoms with Gasteiger partial charge < -0.3 is 10.6 Å². The summed E-state index contributed by atoms with van der Waals surface area (Å²) in [5.74, 6) is -0.577. The molecule has 6 nitrogen and oxygen atoms in total. The van der Waals surface area contributed by atoms with Crippen molar-refractivity contribution in [2.24, 2.45) is 0 Å². The summed E-state index contributed by atoms with van der Waals surface area (Å²) >= 11 is 3.32. The first-order valence-electron chi connectivity index (χ1n) is 9.77. The van der Waals surface area contributed by atoms with Gasteiger partial charge in [-0.05, 0) is 48.6 Å². The number of aryl methyl sites for hydroxylation is 2. The molecule has 0 bridgehead atoms. The molecular formula is C22H24BrN3O3. The molecule has 0 unspecified atom stereocenters. The van der Waals surface area contributed by atoms with Gasteiger partial charge in [0.25, 0.3) is 11.8 Å². The third-order valence-corrected chi connectivity index (χ3v) is 5.51. The lowest BCUT2D eigenvalue weighted by atomic mass is 10.0. The molecular weight excluding hydrogens is 434 g/mol. The highest BCUT2D eigenvalue weighted by atomic mass is 79.9. The molecule has 7 heteroatoms. The molecule has 0 saturated carbocycles. The van der Waals surface area contributed by atoms with Crippen LogP contribution in [-0.2, 0) is 12.8 Å². The Morgan fingerprint density at radius 1 is 1.00 bits per heavy atom. The molecule has 1 aliphatic heterocycles. The van der Waals surface area contributed by atoms with Gasteiger partial charge in [-0.3, -0.25) is 14.5 Å². The Kier molecular flexibility index (Phi) is 6.69. The van der Waals surface area contributed by atoms with Gasteiger partial charge >= 0.3 is 6.03 Å². The predicted molar refractivity (Wildman–Crippen MR) is 116 cm³/mol. The minimum Gasteiger partial charge on any atom is -0.338 e. The first-order valence-corrected chi connectivity index (χ1v) is 10.6. The summed E-state index contributed by atoms with van der Waals surface area (Å²) in [6.07, 6.45) is 2.15. The lowest BCUT2D eigenvalue weighted by molar-refractivity contribution is 0.0653. The van der Waals surface area contributed by atoms with Gasteiger partial charge in [0.2, 0.25) is 0 Å². The van der Waals surface area contributed by atoms with Gasteiger partial charge in [-0.25, -0.2) is 4.79 Å². The predicted octanol–water partition coefficient (Wildman–Crippen LogP) is 4.38. The summed E-state index contributed by atoms with van der Waals surface area (Å²) < 4.78 is 0.761. The van der Waals surface area contributed by atoms with Crippen LogP contribution in [0.4, 0.5) is 10.5 Å². The second-order valence-electron chi connectivity index (χ2n) is 6.84. The first kappa shape index (κ1) is 21.0. The fourth-order valence-corrected chi connectivity index (χ4v) is 3.83. The number of para-hydroxylation sites is 1. The van der Waals surface area contributed by atoms with E-state index in [4.69, 9.17) is 0 Å². The first-order chi connectivity index (χ1) is 14.0. The second kappa shape index (κ2) is 9.22. The Morgan fingerprint density at radius 3 is 2.31 bits per heavy atom. The molecule has 4 amide bonds. The summed E-state index contributed by atoms with van der Waals surface area (Å²) in [4.78, 5) is 38.4. The molecule has 2 N–H and O–H groups in total. The van der Waals surface area contributed by atoms with E-state index in [2.05, 4.69) is 40.4 Å². The Balaban J connectivity index is 1.52. The number of carbonyl (C=O) groups excluding carboxylic acids is 3. The number of rotatable bonds is 7. The number of imide groups is 1. The van der Waals surface area contributed by atoms with E-state index >= 15 is 0 Å². The van der Waals surface area contributed by atoms with Crippen LogP contribution in [0.15, 0.2) is 40.9 Å². The lowest BCUT2D eigenvalue weighted by Gasteiger charge is -2.16. The molecule has 29 heavy (non-hydrogen) atoms. The van der Waals surface area contributed by atoms with Gasteiger partial charge in [-0.15, -0.1) is 0 Å². The van der Waals surface area contributed by atoms with E-state index in [1.54, 1.807) is 18.2 Å². The fraction of sp³-hybridized carbons (Fsp3) is 0.318. The molecule has 0 fully saturated rings. The Hall–Kier alpha value is -2.67. The van der Waals surface area contributed by atoms with Crippen LogP contribution in [0.5, 0.6) is 0 Å². The number of amides is 4. The molecule has 0 aromatic heterocycles. The van der Waals surface area contributed by atoms with Crippen molar-refractivity contribution >= 4 is 39.5 Å². The van der Waals surface area contributed by atoms with E-state index in [1.807, 2.05) is 18.2 Å². The summed E-state index contributed by atoms with van der Waals surface area (Å²) in [6.45, 7) is 4.73. The van der Waals surface area contributed by atoms with E-state index in [9.17, 15) is 14.4 Å². The van der Waals surface area contributed by atoms with Crippen LogP contribution in [0.25, 0.3) is 0 Å². The van der Waals surface area contributed by atoms with Gasteiger partial charge in [0, 0.05) is 23.2 Å². The Bertz CT molecular complexity index is 936. The molecule has 0 spiro atoms. The number of carbonyl (C=O) groups is 3. The highest BCUT2D eigenvalue weighted by Gasteiger charge is 2.34. The third-order valence-electron chi connectivity index (χ3n) is 5.01.